The molecule has 5 heteroatoms. The lowest BCUT2D eigenvalue weighted by Crippen LogP contribution is -2.31. The molecule has 3 aromatic rings. The Morgan fingerprint density at radius 3 is 2.48 bits per heavy atom. The van der Waals surface area contributed by atoms with Crippen LogP contribution in [-0.4, -0.2) is 24.5 Å². The van der Waals surface area contributed by atoms with Crippen molar-refractivity contribution >= 4 is 11.9 Å². The predicted octanol–water partition coefficient (Wildman–Crippen LogP) is 5.79. The second-order valence-electron chi connectivity index (χ2n) is 8.79. The van der Waals surface area contributed by atoms with E-state index >= 15 is 0 Å². The molecule has 0 radical (unpaired) electrons. The van der Waals surface area contributed by atoms with Gasteiger partial charge < -0.3 is 14.2 Å². The molecule has 2 heterocycles. The molecule has 2 aliphatic heterocycles. The third kappa shape index (κ3) is 4.24. The van der Waals surface area contributed by atoms with E-state index in [0.29, 0.717) is 36.3 Å². The van der Waals surface area contributed by atoms with E-state index in [4.69, 9.17) is 14.2 Å². The molecule has 0 bridgehead atoms. The minimum absolute atomic E-state index is 0.0898. The highest BCUT2D eigenvalue weighted by Gasteiger charge is 2.33. The number of hydrogen-bond donors (Lipinski definition) is 0. The molecule has 5 rings (SSSR count). The Morgan fingerprint density at radius 2 is 1.79 bits per heavy atom. The molecule has 2 aliphatic rings. The molecule has 0 aliphatic carbocycles. The second kappa shape index (κ2) is 8.75. The van der Waals surface area contributed by atoms with E-state index in [9.17, 15) is 4.79 Å². The summed E-state index contributed by atoms with van der Waals surface area (Å²) in [6, 6.07) is 19.9. The summed E-state index contributed by atoms with van der Waals surface area (Å²) in [7, 11) is 1.66. The van der Waals surface area contributed by atoms with Gasteiger partial charge in [0, 0.05) is 13.1 Å². The summed E-state index contributed by atoms with van der Waals surface area (Å²) in [5.41, 5.74) is 4.88. The fraction of sp³-hybridized carbons (Fsp3) is 0.250. The monoisotopic (exact) mass is 441 g/mol. The molecule has 3 aromatic carbocycles. The number of ether oxygens (including phenoxy) is 3. The average molecular weight is 442 g/mol. The van der Waals surface area contributed by atoms with Crippen LogP contribution in [0, 0.1) is 0 Å². The van der Waals surface area contributed by atoms with E-state index in [1.54, 1.807) is 13.2 Å². The maximum Gasteiger partial charge on any atom is 0.231 e. The SMILES string of the molecule is COc1ccc(CN2COc3ccc4c(c3C2)O/C(=C\c2ccc(C(C)C)cc2)C4=O)cc1. The van der Waals surface area contributed by atoms with Gasteiger partial charge in [-0.2, -0.15) is 0 Å². The predicted molar refractivity (Wildman–Crippen MR) is 128 cm³/mol. The average Bonchev–Trinajstić information content (AvgIpc) is 3.15. The van der Waals surface area contributed by atoms with Gasteiger partial charge in [-0.1, -0.05) is 50.2 Å². The van der Waals surface area contributed by atoms with E-state index in [1.165, 1.54) is 5.56 Å². The van der Waals surface area contributed by atoms with Gasteiger partial charge in [-0.25, -0.2) is 0 Å². The number of nitrogens with zero attached hydrogens (tertiary/aromatic N) is 1. The minimum atomic E-state index is -0.0898. The number of carbonyl (C=O) groups is 1. The zero-order chi connectivity index (χ0) is 22.9. The van der Waals surface area contributed by atoms with Gasteiger partial charge in [-0.3, -0.25) is 9.69 Å². The maximum atomic E-state index is 13.0. The summed E-state index contributed by atoms with van der Waals surface area (Å²) in [4.78, 5) is 15.2. The van der Waals surface area contributed by atoms with E-state index in [2.05, 4.69) is 43.0 Å². The molecule has 0 spiro atoms. The first-order chi connectivity index (χ1) is 16.0. The molecule has 0 atom stereocenters. The quantitative estimate of drug-likeness (QED) is 0.469. The number of methoxy groups -OCH3 is 1. The number of benzene rings is 3. The van der Waals surface area contributed by atoms with Crippen LogP contribution in [0.5, 0.6) is 17.2 Å². The molecule has 168 valence electrons. The number of allylic oxidation sites excluding steroid dienone is 1. The zero-order valence-corrected chi connectivity index (χ0v) is 19.1. The molecule has 0 N–H and O–H groups in total. The van der Waals surface area contributed by atoms with Crippen molar-refractivity contribution in [3.63, 3.8) is 0 Å². The molecular formula is C28H27NO4. The smallest absolute Gasteiger partial charge is 0.231 e. The van der Waals surface area contributed by atoms with Crippen molar-refractivity contribution in [2.24, 2.45) is 0 Å². The van der Waals surface area contributed by atoms with E-state index in [1.807, 2.05) is 36.4 Å². The zero-order valence-electron chi connectivity index (χ0n) is 19.1. The van der Waals surface area contributed by atoms with Gasteiger partial charge >= 0.3 is 0 Å². The van der Waals surface area contributed by atoms with Crippen LogP contribution >= 0.6 is 0 Å². The van der Waals surface area contributed by atoms with Crippen LogP contribution in [0.15, 0.2) is 66.4 Å². The summed E-state index contributed by atoms with van der Waals surface area (Å²) in [5, 5.41) is 0. The highest BCUT2D eigenvalue weighted by Crippen LogP contribution is 2.42. The first-order valence-corrected chi connectivity index (χ1v) is 11.2. The second-order valence-corrected chi connectivity index (χ2v) is 8.79. The summed E-state index contributed by atoms with van der Waals surface area (Å²) in [5.74, 6) is 2.95. The highest BCUT2D eigenvalue weighted by atomic mass is 16.5. The number of ketones is 1. The van der Waals surface area contributed by atoms with Crippen LogP contribution in [-0.2, 0) is 13.1 Å². The molecular weight excluding hydrogens is 414 g/mol. The van der Waals surface area contributed by atoms with Crippen molar-refractivity contribution in [2.45, 2.75) is 32.9 Å². The summed E-state index contributed by atoms with van der Waals surface area (Å²) in [6.07, 6.45) is 1.82. The van der Waals surface area contributed by atoms with E-state index in [0.717, 1.165) is 34.7 Å². The fourth-order valence-corrected chi connectivity index (χ4v) is 4.22. The topological polar surface area (TPSA) is 48.0 Å². The number of Topliss-reactive ketones (excluding diaryl/α,β-unsaturated/α-hetero) is 1. The molecule has 5 nitrogen and oxygen atoms in total. The van der Waals surface area contributed by atoms with Crippen molar-refractivity contribution in [1.82, 2.24) is 4.90 Å². The Labute approximate surface area is 194 Å². The molecule has 0 saturated carbocycles. The number of hydrogen-bond acceptors (Lipinski definition) is 5. The third-order valence-corrected chi connectivity index (χ3v) is 6.15. The molecule has 0 saturated heterocycles. The first-order valence-electron chi connectivity index (χ1n) is 11.2. The standard InChI is InChI=1S/C28H27NO4/c1-18(2)21-8-4-19(5-9-21)14-26-27(30)23-12-13-25-24(28(23)33-26)16-29(17-32-25)15-20-6-10-22(31-3)11-7-20/h4-14,18H,15-17H2,1-3H3/b26-14-. The van der Waals surface area contributed by atoms with Crippen LogP contribution in [0.2, 0.25) is 0 Å². The van der Waals surface area contributed by atoms with Gasteiger partial charge in [0.1, 0.15) is 24.0 Å². The fourth-order valence-electron chi connectivity index (χ4n) is 4.22. The summed E-state index contributed by atoms with van der Waals surface area (Å²) >= 11 is 0. The van der Waals surface area contributed by atoms with Crippen molar-refractivity contribution in [3.05, 3.63) is 94.2 Å². The Balaban J connectivity index is 1.37. The van der Waals surface area contributed by atoms with Gasteiger partial charge in [-0.15, -0.1) is 0 Å². The number of rotatable bonds is 5. The largest absolute Gasteiger partial charge is 0.497 e. The summed E-state index contributed by atoms with van der Waals surface area (Å²) < 4.78 is 17.4. The van der Waals surface area contributed by atoms with Gasteiger partial charge in [0.15, 0.2) is 5.76 Å². The van der Waals surface area contributed by atoms with Gasteiger partial charge in [0.2, 0.25) is 5.78 Å². The molecule has 0 aromatic heterocycles. The first kappa shape index (κ1) is 21.3. The highest BCUT2D eigenvalue weighted by molar-refractivity contribution is 6.15. The van der Waals surface area contributed by atoms with Gasteiger partial charge in [-0.05, 0) is 52.9 Å². The Hall–Kier alpha value is -3.57. The van der Waals surface area contributed by atoms with Crippen LogP contribution in [0.4, 0.5) is 0 Å². The lowest BCUT2D eigenvalue weighted by atomic mass is 10.0. The van der Waals surface area contributed by atoms with Crippen LogP contribution in [0.3, 0.4) is 0 Å². The maximum absolute atomic E-state index is 13.0. The van der Waals surface area contributed by atoms with Crippen molar-refractivity contribution < 1.29 is 19.0 Å². The van der Waals surface area contributed by atoms with Crippen molar-refractivity contribution in [3.8, 4) is 17.2 Å². The number of fused-ring (bicyclic) bond motifs is 3. The Kier molecular flexibility index (Phi) is 5.65. The molecule has 0 fully saturated rings. The molecule has 0 amide bonds. The van der Waals surface area contributed by atoms with Crippen LogP contribution in [0.1, 0.15) is 52.4 Å². The lowest BCUT2D eigenvalue weighted by Gasteiger charge is -2.29. The van der Waals surface area contributed by atoms with E-state index in [-0.39, 0.29) is 5.78 Å². The van der Waals surface area contributed by atoms with E-state index < -0.39 is 0 Å². The normalized spacial score (nSPS) is 16.4. The van der Waals surface area contributed by atoms with Crippen LogP contribution in [0.25, 0.3) is 6.08 Å². The van der Waals surface area contributed by atoms with Crippen LogP contribution < -0.4 is 14.2 Å². The Bertz CT molecular complexity index is 1210. The lowest BCUT2D eigenvalue weighted by molar-refractivity contribution is 0.0872. The van der Waals surface area contributed by atoms with Crippen molar-refractivity contribution in [2.75, 3.05) is 13.8 Å². The number of carbonyl (C=O) groups excluding carboxylic acids is 1. The minimum Gasteiger partial charge on any atom is -0.497 e. The molecule has 0 unspecified atom stereocenters. The summed E-state index contributed by atoms with van der Waals surface area (Å²) in [6.45, 7) is 6.19. The Morgan fingerprint density at radius 1 is 1.03 bits per heavy atom. The van der Waals surface area contributed by atoms with Gasteiger partial charge in [0.25, 0.3) is 0 Å². The third-order valence-electron chi connectivity index (χ3n) is 6.15. The molecule has 33 heavy (non-hydrogen) atoms. The van der Waals surface area contributed by atoms with Crippen molar-refractivity contribution in [1.29, 1.82) is 0 Å². The van der Waals surface area contributed by atoms with Gasteiger partial charge in [0.05, 0.1) is 18.2 Å².